The molecular weight excluding hydrogens is 275 g/mol. The van der Waals surface area contributed by atoms with Gasteiger partial charge in [0.25, 0.3) is 0 Å². The molecule has 0 N–H and O–H groups in total. The molecule has 1 heterocycles. The summed E-state index contributed by atoms with van der Waals surface area (Å²) in [5, 5.41) is 11.0. The molecule has 1 aromatic heterocycles. The zero-order chi connectivity index (χ0) is 14.0. The summed E-state index contributed by atoms with van der Waals surface area (Å²) >= 11 is 5.72. The van der Waals surface area contributed by atoms with E-state index in [-0.39, 0.29) is 22.3 Å². The highest BCUT2D eigenvalue weighted by atomic mass is 35.5. The van der Waals surface area contributed by atoms with Crippen LogP contribution in [0.5, 0.6) is 11.5 Å². The molecule has 0 unspecified atom stereocenters. The van der Waals surface area contributed by atoms with Crippen molar-refractivity contribution in [3.63, 3.8) is 0 Å². The summed E-state index contributed by atoms with van der Waals surface area (Å²) in [6.45, 7) is 1.70. The average molecular weight is 283 g/mol. The van der Waals surface area contributed by atoms with Crippen LogP contribution in [-0.2, 0) is 0 Å². The first-order chi connectivity index (χ1) is 8.97. The maximum Gasteiger partial charge on any atom is 0.311 e. The molecule has 0 saturated carbocycles. The Morgan fingerprint density at radius 3 is 2.79 bits per heavy atom. The van der Waals surface area contributed by atoms with Crippen LogP contribution < -0.4 is 4.74 Å². The SMILES string of the molecule is Cc1cnc(Cl)cc1Oc1cc(F)ccc1[N+](=O)[O-]. The van der Waals surface area contributed by atoms with Crippen LogP contribution in [0, 0.1) is 22.9 Å². The molecule has 2 aromatic rings. The Hall–Kier alpha value is -2.21. The molecule has 7 heteroatoms. The average Bonchev–Trinajstić information content (AvgIpc) is 2.33. The lowest BCUT2D eigenvalue weighted by atomic mass is 10.2. The molecule has 0 aliphatic rings. The lowest BCUT2D eigenvalue weighted by Crippen LogP contribution is -1.96. The lowest BCUT2D eigenvalue weighted by Gasteiger charge is -2.08. The van der Waals surface area contributed by atoms with Crippen molar-refractivity contribution in [1.82, 2.24) is 4.98 Å². The minimum atomic E-state index is -0.646. The Bertz CT molecular complexity index is 649. The zero-order valence-electron chi connectivity index (χ0n) is 9.76. The number of nitro groups is 1. The molecular formula is C12H8ClFN2O3. The molecule has 0 atom stereocenters. The van der Waals surface area contributed by atoms with E-state index in [1.165, 1.54) is 12.3 Å². The molecule has 0 aliphatic heterocycles. The van der Waals surface area contributed by atoms with Gasteiger partial charge < -0.3 is 4.74 Å². The number of nitrogens with zero attached hydrogens (tertiary/aromatic N) is 2. The van der Waals surface area contributed by atoms with E-state index >= 15 is 0 Å². The smallest absolute Gasteiger partial charge is 0.311 e. The number of ether oxygens (including phenoxy) is 1. The van der Waals surface area contributed by atoms with Crippen LogP contribution in [-0.4, -0.2) is 9.91 Å². The van der Waals surface area contributed by atoms with Gasteiger partial charge in [-0.15, -0.1) is 0 Å². The number of nitro benzene ring substituents is 1. The number of hydrogen-bond donors (Lipinski definition) is 0. The predicted octanol–water partition coefficient (Wildman–Crippen LogP) is 3.88. The second kappa shape index (κ2) is 5.19. The molecule has 0 fully saturated rings. The summed E-state index contributed by atoms with van der Waals surface area (Å²) in [6.07, 6.45) is 1.46. The fraction of sp³-hybridized carbons (Fsp3) is 0.0833. The fourth-order valence-electron chi connectivity index (χ4n) is 1.43. The van der Waals surface area contributed by atoms with Crippen molar-refractivity contribution in [2.45, 2.75) is 6.92 Å². The number of pyridine rings is 1. The molecule has 0 radical (unpaired) electrons. The van der Waals surface area contributed by atoms with Crippen LogP contribution in [0.3, 0.4) is 0 Å². The van der Waals surface area contributed by atoms with Gasteiger partial charge in [0.15, 0.2) is 0 Å². The number of benzene rings is 1. The highest BCUT2D eigenvalue weighted by Gasteiger charge is 2.17. The van der Waals surface area contributed by atoms with Crippen LogP contribution in [0.25, 0.3) is 0 Å². The molecule has 0 bridgehead atoms. The molecule has 0 saturated heterocycles. The molecule has 2 rings (SSSR count). The summed E-state index contributed by atoms with van der Waals surface area (Å²) < 4.78 is 18.5. The van der Waals surface area contributed by atoms with Gasteiger partial charge in [0.1, 0.15) is 16.7 Å². The van der Waals surface area contributed by atoms with Crippen molar-refractivity contribution in [3.05, 3.63) is 57.1 Å². The van der Waals surface area contributed by atoms with Gasteiger partial charge in [0.05, 0.1) is 4.92 Å². The Morgan fingerprint density at radius 1 is 1.37 bits per heavy atom. The van der Waals surface area contributed by atoms with Gasteiger partial charge in [-0.25, -0.2) is 9.37 Å². The minimum absolute atomic E-state index is 0.180. The molecule has 1 aromatic carbocycles. The van der Waals surface area contributed by atoms with E-state index in [9.17, 15) is 14.5 Å². The van der Waals surface area contributed by atoms with E-state index in [1.807, 2.05) is 0 Å². The normalized spacial score (nSPS) is 10.3. The van der Waals surface area contributed by atoms with Gasteiger partial charge in [-0.3, -0.25) is 10.1 Å². The Morgan fingerprint density at radius 2 is 2.11 bits per heavy atom. The molecule has 0 aliphatic carbocycles. The van der Waals surface area contributed by atoms with E-state index in [0.717, 1.165) is 18.2 Å². The summed E-state index contributed by atoms with van der Waals surface area (Å²) in [4.78, 5) is 14.0. The summed E-state index contributed by atoms with van der Waals surface area (Å²) in [5.74, 6) is -0.525. The third-order valence-corrected chi connectivity index (χ3v) is 2.57. The molecule has 0 amide bonds. The standard InChI is InChI=1S/C12H8ClFN2O3/c1-7-6-15-12(13)5-10(7)19-11-4-8(14)2-3-9(11)16(17)18/h2-6H,1H3. The van der Waals surface area contributed by atoms with Gasteiger partial charge in [0, 0.05) is 30.0 Å². The van der Waals surface area contributed by atoms with Gasteiger partial charge in [-0.1, -0.05) is 11.6 Å². The van der Waals surface area contributed by atoms with Gasteiger partial charge in [-0.2, -0.15) is 0 Å². The van der Waals surface area contributed by atoms with Crippen molar-refractivity contribution in [2.75, 3.05) is 0 Å². The molecule has 5 nitrogen and oxygen atoms in total. The third-order valence-electron chi connectivity index (χ3n) is 2.36. The summed E-state index contributed by atoms with van der Waals surface area (Å²) in [6, 6.07) is 4.40. The topological polar surface area (TPSA) is 65.3 Å². The Labute approximate surface area is 112 Å². The molecule has 0 spiro atoms. The second-order valence-electron chi connectivity index (χ2n) is 3.74. The Balaban J connectivity index is 2.45. The zero-order valence-corrected chi connectivity index (χ0v) is 10.5. The maximum atomic E-state index is 13.2. The molecule has 19 heavy (non-hydrogen) atoms. The highest BCUT2D eigenvalue weighted by Crippen LogP contribution is 2.33. The number of aromatic nitrogens is 1. The predicted molar refractivity (Wildman–Crippen MR) is 67.1 cm³/mol. The third kappa shape index (κ3) is 2.97. The fourth-order valence-corrected chi connectivity index (χ4v) is 1.58. The largest absolute Gasteiger partial charge is 0.450 e. The van der Waals surface area contributed by atoms with Crippen molar-refractivity contribution in [1.29, 1.82) is 0 Å². The maximum absolute atomic E-state index is 13.2. The van der Waals surface area contributed by atoms with Crippen LogP contribution in [0.1, 0.15) is 5.56 Å². The van der Waals surface area contributed by atoms with Crippen molar-refractivity contribution >= 4 is 17.3 Å². The van der Waals surface area contributed by atoms with Gasteiger partial charge in [-0.05, 0) is 13.0 Å². The number of aryl methyl sites for hydroxylation is 1. The highest BCUT2D eigenvalue weighted by molar-refractivity contribution is 6.29. The van der Waals surface area contributed by atoms with Crippen molar-refractivity contribution in [2.24, 2.45) is 0 Å². The van der Waals surface area contributed by atoms with E-state index in [2.05, 4.69) is 4.98 Å². The number of halogens is 2. The first-order valence-electron chi connectivity index (χ1n) is 5.21. The first-order valence-corrected chi connectivity index (χ1v) is 5.59. The quantitative estimate of drug-likeness (QED) is 0.487. The monoisotopic (exact) mass is 282 g/mol. The minimum Gasteiger partial charge on any atom is -0.450 e. The van der Waals surface area contributed by atoms with Crippen molar-refractivity contribution in [3.8, 4) is 11.5 Å². The van der Waals surface area contributed by atoms with Crippen molar-refractivity contribution < 1.29 is 14.1 Å². The van der Waals surface area contributed by atoms with Crippen LogP contribution in [0.2, 0.25) is 5.15 Å². The van der Waals surface area contributed by atoms with Gasteiger partial charge >= 0.3 is 5.69 Å². The van der Waals surface area contributed by atoms with Crippen LogP contribution in [0.15, 0.2) is 30.5 Å². The number of hydrogen-bond acceptors (Lipinski definition) is 4. The first kappa shape index (κ1) is 13.2. The number of rotatable bonds is 3. The lowest BCUT2D eigenvalue weighted by molar-refractivity contribution is -0.385. The summed E-state index contributed by atoms with van der Waals surface area (Å²) in [5.41, 5.74) is 0.302. The van der Waals surface area contributed by atoms with Gasteiger partial charge in [0.2, 0.25) is 5.75 Å². The van der Waals surface area contributed by atoms with E-state index in [4.69, 9.17) is 16.3 Å². The van der Waals surface area contributed by atoms with E-state index < -0.39 is 10.7 Å². The van der Waals surface area contributed by atoms with E-state index in [1.54, 1.807) is 6.92 Å². The van der Waals surface area contributed by atoms with Crippen LogP contribution in [0.4, 0.5) is 10.1 Å². The Kier molecular flexibility index (Phi) is 3.62. The molecule has 98 valence electrons. The summed E-state index contributed by atoms with van der Waals surface area (Å²) in [7, 11) is 0. The second-order valence-corrected chi connectivity index (χ2v) is 4.13. The van der Waals surface area contributed by atoms with E-state index in [0.29, 0.717) is 5.56 Å². The van der Waals surface area contributed by atoms with Crippen LogP contribution >= 0.6 is 11.6 Å².